The standard InChI is InChI=1S/C14H12BrCl2NS2/c15-9-1-4-13(12(18)7-9)19-5-6-20-14-8-10(16)2-3-11(14)17/h1-4,7-8H,5-6,18H2. The van der Waals surface area contributed by atoms with Crippen molar-refractivity contribution in [3.8, 4) is 0 Å². The highest BCUT2D eigenvalue weighted by Crippen LogP contribution is 2.32. The molecule has 1 nitrogen and oxygen atoms in total. The zero-order chi connectivity index (χ0) is 14.5. The number of benzene rings is 2. The first-order chi connectivity index (χ1) is 9.56. The van der Waals surface area contributed by atoms with E-state index in [0.717, 1.165) is 36.5 Å². The predicted molar refractivity (Wildman–Crippen MR) is 96.5 cm³/mol. The summed E-state index contributed by atoms with van der Waals surface area (Å²) in [5, 5.41) is 1.45. The minimum atomic E-state index is 0.710. The fraction of sp³-hybridized carbons (Fsp3) is 0.143. The van der Waals surface area contributed by atoms with Crippen LogP contribution in [0.4, 0.5) is 5.69 Å². The smallest absolute Gasteiger partial charge is 0.0542 e. The van der Waals surface area contributed by atoms with E-state index in [0.29, 0.717) is 5.02 Å². The third-order valence-electron chi connectivity index (χ3n) is 2.46. The first-order valence-corrected chi connectivity index (χ1v) is 9.34. The van der Waals surface area contributed by atoms with Crippen LogP contribution in [0.15, 0.2) is 50.7 Å². The molecule has 0 aliphatic heterocycles. The lowest BCUT2D eigenvalue weighted by Crippen LogP contribution is -1.91. The zero-order valence-electron chi connectivity index (χ0n) is 10.4. The van der Waals surface area contributed by atoms with E-state index < -0.39 is 0 Å². The van der Waals surface area contributed by atoms with Gasteiger partial charge in [-0.05, 0) is 36.4 Å². The van der Waals surface area contributed by atoms with Crippen LogP contribution in [0, 0.1) is 0 Å². The molecule has 0 amide bonds. The molecular weight excluding hydrogens is 397 g/mol. The van der Waals surface area contributed by atoms with E-state index in [1.807, 2.05) is 30.3 Å². The number of halogens is 3. The molecule has 0 aliphatic rings. The van der Waals surface area contributed by atoms with E-state index in [4.69, 9.17) is 28.9 Å². The summed E-state index contributed by atoms with van der Waals surface area (Å²) in [6.07, 6.45) is 0. The number of hydrogen-bond donors (Lipinski definition) is 1. The minimum absolute atomic E-state index is 0.710. The van der Waals surface area contributed by atoms with Gasteiger partial charge in [-0.25, -0.2) is 0 Å². The van der Waals surface area contributed by atoms with Gasteiger partial charge in [0.2, 0.25) is 0 Å². The summed E-state index contributed by atoms with van der Waals surface area (Å²) in [6.45, 7) is 0. The molecule has 0 unspecified atom stereocenters. The topological polar surface area (TPSA) is 26.0 Å². The summed E-state index contributed by atoms with van der Waals surface area (Å²) in [4.78, 5) is 2.12. The Labute approximate surface area is 145 Å². The lowest BCUT2D eigenvalue weighted by Gasteiger charge is -2.07. The molecule has 0 fully saturated rings. The summed E-state index contributed by atoms with van der Waals surface area (Å²) >= 11 is 18.9. The van der Waals surface area contributed by atoms with Crippen molar-refractivity contribution in [1.82, 2.24) is 0 Å². The molecular formula is C14H12BrCl2NS2. The first kappa shape index (κ1) is 16.4. The number of rotatable bonds is 5. The van der Waals surface area contributed by atoms with Crippen LogP contribution >= 0.6 is 62.7 Å². The SMILES string of the molecule is Nc1cc(Br)ccc1SCCSc1cc(Cl)ccc1Cl. The van der Waals surface area contributed by atoms with Gasteiger partial charge in [0.15, 0.2) is 0 Å². The van der Waals surface area contributed by atoms with Gasteiger partial charge in [-0.1, -0.05) is 39.1 Å². The molecule has 0 bridgehead atoms. The highest BCUT2D eigenvalue weighted by molar-refractivity contribution is 9.10. The van der Waals surface area contributed by atoms with Crippen molar-refractivity contribution in [3.63, 3.8) is 0 Å². The molecule has 6 heteroatoms. The molecule has 2 N–H and O–H groups in total. The molecule has 0 aliphatic carbocycles. The van der Waals surface area contributed by atoms with Crippen molar-refractivity contribution in [2.45, 2.75) is 9.79 Å². The van der Waals surface area contributed by atoms with Gasteiger partial charge in [-0.15, -0.1) is 23.5 Å². The fourth-order valence-electron chi connectivity index (χ4n) is 1.54. The second-order valence-electron chi connectivity index (χ2n) is 3.95. The van der Waals surface area contributed by atoms with Crippen LogP contribution in [0.3, 0.4) is 0 Å². The summed E-state index contributed by atoms with van der Waals surface area (Å²) in [6, 6.07) is 11.5. The second-order valence-corrected chi connectivity index (χ2v) is 7.99. The number of nitrogens with two attached hydrogens (primary N) is 1. The van der Waals surface area contributed by atoms with E-state index in [1.165, 1.54) is 0 Å². The first-order valence-electron chi connectivity index (χ1n) is 5.82. The highest BCUT2D eigenvalue weighted by atomic mass is 79.9. The highest BCUT2D eigenvalue weighted by Gasteiger charge is 2.04. The molecule has 0 atom stereocenters. The molecule has 2 rings (SSSR count). The van der Waals surface area contributed by atoms with E-state index >= 15 is 0 Å². The van der Waals surface area contributed by atoms with Crippen molar-refractivity contribution in [3.05, 3.63) is 50.9 Å². The predicted octanol–water partition coefficient (Wildman–Crippen LogP) is 6.22. The maximum absolute atomic E-state index is 6.12. The Balaban J connectivity index is 1.86. The van der Waals surface area contributed by atoms with E-state index in [1.54, 1.807) is 29.6 Å². The van der Waals surface area contributed by atoms with Crippen molar-refractivity contribution in [1.29, 1.82) is 0 Å². The molecule has 106 valence electrons. The second kappa shape index (κ2) is 7.85. The number of thioether (sulfide) groups is 2. The van der Waals surface area contributed by atoms with Crippen molar-refractivity contribution < 1.29 is 0 Å². The van der Waals surface area contributed by atoms with Crippen LogP contribution in [-0.2, 0) is 0 Å². The van der Waals surface area contributed by atoms with Gasteiger partial charge in [-0.3, -0.25) is 0 Å². The average molecular weight is 409 g/mol. The van der Waals surface area contributed by atoms with Gasteiger partial charge in [0, 0.05) is 36.5 Å². The Kier molecular flexibility index (Phi) is 6.43. The van der Waals surface area contributed by atoms with Crippen LogP contribution < -0.4 is 5.73 Å². The molecule has 20 heavy (non-hydrogen) atoms. The molecule has 0 saturated carbocycles. The molecule has 2 aromatic carbocycles. The molecule has 0 heterocycles. The summed E-state index contributed by atoms with van der Waals surface area (Å²) in [5.74, 6) is 1.90. The monoisotopic (exact) mass is 407 g/mol. The van der Waals surface area contributed by atoms with E-state index in [9.17, 15) is 0 Å². The summed E-state index contributed by atoms with van der Waals surface area (Å²) < 4.78 is 0.999. The molecule has 0 saturated heterocycles. The van der Waals surface area contributed by atoms with Crippen LogP contribution in [0.2, 0.25) is 10.0 Å². The average Bonchev–Trinajstić information content (AvgIpc) is 2.40. The molecule has 0 radical (unpaired) electrons. The Bertz CT molecular complexity index is 608. The quantitative estimate of drug-likeness (QED) is 0.361. The largest absolute Gasteiger partial charge is 0.398 e. The van der Waals surface area contributed by atoms with Crippen LogP contribution in [0.5, 0.6) is 0 Å². The number of nitrogen functional groups attached to an aromatic ring is 1. The lowest BCUT2D eigenvalue weighted by atomic mass is 10.3. The third-order valence-corrected chi connectivity index (χ3v) is 6.04. The maximum atomic E-state index is 6.12. The van der Waals surface area contributed by atoms with Gasteiger partial charge in [0.25, 0.3) is 0 Å². The minimum Gasteiger partial charge on any atom is -0.398 e. The number of anilines is 1. The van der Waals surface area contributed by atoms with Crippen molar-refractivity contribution in [2.75, 3.05) is 17.2 Å². The normalized spacial score (nSPS) is 10.8. The van der Waals surface area contributed by atoms with Crippen LogP contribution in [-0.4, -0.2) is 11.5 Å². The summed E-state index contributed by atoms with van der Waals surface area (Å²) in [7, 11) is 0. The van der Waals surface area contributed by atoms with E-state index in [2.05, 4.69) is 15.9 Å². The fourth-order valence-corrected chi connectivity index (χ4v) is 4.35. The lowest BCUT2D eigenvalue weighted by molar-refractivity contribution is 1.41. The third kappa shape index (κ3) is 4.78. The van der Waals surface area contributed by atoms with Gasteiger partial charge >= 0.3 is 0 Å². The Hall–Kier alpha value is -0.000000000000000222. The van der Waals surface area contributed by atoms with Gasteiger partial charge < -0.3 is 5.73 Å². The molecule has 0 aromatic heterocycles. The Morgan fingerprint density at radius 2 is 1.65 bits per heavy atom. The molecule has 0 spiro atoms. The van der Waals surface area contributed by atoms with E-state index in [-0.39, 0.29) is 0 Å². The number of hydrogen-bond acceptors (Lipinski definition) is 3. The van der Waals surface area contributed by atoms with Gasteiger partial charge in [-0.2, -0.15) is 0 Å². The van der Waals surface area contributed by atoms with Gasteiger partial charge in [0.1, 0.15) is 0 Å². The summed E-state index contributed by atoms with van der Waals surface area (Å²) in [5.41, 5.74) is 6.76. The zero-order valence-corrected chi connectivity index (χ0v) is 15.1. The maximum Gasteiger partial charge on any atom is 0.0542 e. The van der Waals surface area contributed by atoms with Crippen molar-refractivity contribution in [2.24, 2.45) is 0 Å². The molecule has 2 aromatic rings. The van der Waals surface area contributed by atoms with Crippen LogP contribution in [0.1, 0.15) is 0 Å². The Morgan fingerprint density at radius 1 is 0.950 bits per heavy atom. The van der Waals surface area contributed by atoms with Crippen molar-refractivity contribution >= 4 is 68.3 Å². The van der Waals surface area contributed by atoms with Crippen LogP contribution in [0.25, 0.3) is 0 Å². The Morgan fingerprint density at radius 3 is 2.35 bits per heavy atom. The van der Waals surface area contributed by atoms with Gasteiger partial charge in [0.05, 0.1) is 5.02 Å².